The normalized spacial score (nSPS) is 13.1. The first-order chi connectivity index (χ1) is 10.0. The molecule has 2 aromatic rings. The predicted octanol–water partition coefficient (Wildman–Crippen LogP) is 4.19. The van der Waals surface area contributed by atoms with Gasteiger partial charge in [-0.25, -0.2) is 0 Å². The maximum atomic E-state index is 12.6. The second-order valence-electron chi connectivity index (χ2n) is 4.79. The lowest BCUT2D eigenvalue weighted by Gasteiger charge is -2.20. The van der Waals surface area contributed by atoms with Gasteiger partial charge in [0.25, 0.3) is 0 Å². The van der Waals surface area contributed by atoms with Gasteiger partial charge in [0, 0.05) is 12.4 Å². The van der Waals surface area contributed by atoms with E-state index in [4.69, 9.17) is 0 Å². The SMILES string of the molecule is CCCNC(c1ccncc1)c1ccc(C(F)(F)F)cc1. The Morgan fingerprint density at radius 2 is 1.57 bits per heavy atom. The predicted molar refractivity (Wildman–Crippen MR) is 75.8 cm³/mol. The van der Waals surface area contributed by atoms with Crippen molar-refractivity contribution in [1.29, 1.82) is 0 Å². The number of nitrogens with one attached hydrogen (secondary N) is 1. The summed E-state index contributed by atoms with van der Waals surface area (Å²) in [6.45, 7) is 2.83. The highest BCUT2D eigenvalue weighted by atomic mass is 19.4. The Balaban J connectivity index is 2.29. The Kier molecular flexibility index (Phi) is 4.96. The molecule has 1 aromatic carbocycles. The Bertz CT molecular complexity index is 550. The van der Waals surface area contributed by atoms with Gasteiger partial charge in [0.1, 0.15) is 0 Å². The number of aromatic nitrogens is 1. The maximum absolute atomic E-state index is 12.6. The van der Waals surface area contributed by atoms with Crippen molar-refractivity contribution in [3.63, 3.8) is 0 Å². The average molecular weight is 294 g/mol. The van der Waals surface area contributed by atoms with E-state index in [-0.39, 0.29) is 6.04 Å². The van der Waals surface area contributed by atoms with Crippen LogP contribution in [0.25, 0.3) is 0 Å². The van der Waals surface area contributed by atoms with Crippen LogP contribution in [0.15, 0.2) is 48.8 Å². The second kappa shape index (κ2) is 6.72. The molecule has 0 saturated carbocycles. The highest BCUT2D eigenvalue weighted by Gasteiger charge is 2.30. The minimum atomic E-state index is -4.30. The molecule has 1 unspecified atom stereocenters. The van der Waals surface area contributed by atoms with Gasteiger partial charge in [-0.05, 0) is 48.4 Å². The smallest absolute Gasteiger partial charge is 0.306 e. The van der Waals surface area contributed by atoms with E-state index in [1.807, 2.05) is 19.1 Å². The molecule has 0 fully saturated rings. The summed E-state index contributed by atoms with van der Waals surface area (Å²) >= 11 is 0. The van der Waals surface area contributed by atoms with Crippen LogP contribution in [0.4, 0.5) is 13.2 Å². The Labute approximate surface area is 122 Å². The monoisotopic (exact) mass is 294 g/mol. The molecule has 1 aromatic heterocycles. The molecule has 0 aliphatic carbocycles. The summed E-state index contributed by atoms with van der Waals surface area (Å²) in [5.41, 5.74) is 1.16. The van der Waals surface area contributed by atoms with Gasteiger partial charge in [-0.15, -0.1) is 0 Å². The number of pyridine rings is 1. The van der Waals surface area contributed by atoms with Crippen LogP contribution in [-0.4, -0.2) is 11.5 Å². The fraction of sp³-hybridized carbons (Fsp3) is 0.312. The van der Waals surface area contributed by atoms with E-state index in [9.17, 15) is 13.2 Å². The van der Waals surface area contributed by atoms with E-state index < -0.39 is 11.7 Å². The molecule has 0 amide bonds. The van der Waals surface area contributed by atoms with Gasteiger partial charge in [-0.1, -0.05) is 19.1 Å². The van der Waals surface area contributed by atoms with Gasteiger partial charge < -0.3 is 5.32 Å². The fourth-order valence-electron chi connectivity index (χ4n) is 2.14. The Morgan fingerprint density at radius 1 is 1.00 bits per heavy atom. The van der Waals surface area contributed by atoms with Crippen LogP contribution in [0.3, 0.4) is 0 Å². The molecule has 0 aliphatic rings. The Hall–Kier alpha value is -1.88. The summed E-state index contributed by atoms with van der Waals surface area (Å²) in [4.78, 5) is 3.97. The molecule has 1 atom stereocenters. The molecule has 0 bridgehead atoms. The third-order valence-corrected chi connectivity index (χ3v) is 3.21. The van der Waals surface area contributed by atoms with E-state index in [1.165, 1.54) is 12.1 Å². The quantitative estimate of drug-likeness (QED) is 0.894. The van der Waals surface area contributed by atoms with Crippen molar-refractivity contribution in [2.75, 3.05) is 6.54 Å². The van der Waals surface area contributed by atoms with E-state index >= 15 is 0 Å². The molecule has 5 heteroatoms. The van der Waals surface area contributed by atoms with Gasteiger partial charge in [0.15, 0.2) is 0 Å². The molecule has 0 aliphatic heterocycles. The van der Waals surface area contributed by atoms with Gasteiger partial charge in [0.05, 0.1) is 11.6 Å². The van der Waals surface area contributed by atoms with Crippen LogP contribution in [-0.2, 0) is 6.18 Å². The lowest BCUT2D eigenvalue weighted by Crippen LogP contribution is -2.23. The molecule has 0 radical (unpaired) electrons. The fourth-order valence-corrected chi connectivity index (χ4v) is 2.14. The molecule has 21 heavy (non-hydrogen) atoms. The molecule has 0 saturated heterocycles. The minimum Gasteiger partial charge on any atom is -0.306 e. The van der Waals surface area contributed by atoms with Crippen LogP contribution >= 0.6 is 0 Å². The number of rotatable bonds is 5. The average Bonchev–Trinajstić information content (AvgIpc) is 2.48. The third-order valence-electron chi connectivity index (χ3n) is 3.21. The Morgan fingerprint density at radius 3 is 2.10 bits per heavy atom. The first-order valence-corrected chi connectivity index (χ1v) is 6.83. The zero-order valence-corrected chi connectivity index (χ0v) is 11.7. The molecule has 1 heterocycles. The van der Waals surface area contributed by atoms with E-state index in [0.717, 1.165) is 36.2 Å². The summed E-state index contributed by atoms with van der Waals surface area (Å²) < 4.78 is 37.9. The number of benzene rings is 1. The molecule has 0 spiro atoms. The number of hydrogen-bond donors (Lipinski definition) is 1. The largest absolute Gasteiger partial charge is 0.416 e. The van der Waals surface area contributed by atoms with Gasteiger partial charge in [-0.3, -0.25) is 4.98 Å². The number of nitrogens with zero attached hydrogens (tertiary/aromatic N) is 1. The third kappa shape index (κ3) is 4.04. The summed E-state index contributed by atoms with van der Waals surface area (Å²) in [6, 6.07) is 8.90. The number of halogens is 3. The zero-order valence-electron chi connectivity index (χ0n) is 11.7. The summed E-state index contributed by atoms with van der Waals surface area (Å²) in [5, 5.41) is 3.35. The summed E-state index contributed by atoms with van der Waals surface area (Å²) in [5.74, 6) is 0. The molecular formula is C16H17F3N2. The minimum absolute atomic E-state index is 0.129. The van der Waals surface area contributed by atoms with Gasteiger partial charge in [0.2, 0.25) is 0 Å². The van der Waals surface area contributed by atoms with Crippen molar-refractivity contribution in [1.82, 2.24) is 10.3 Å². The lowest BCUT2D eigenvalue weighted by atomic mass is 9.98. The van der Waals surface area contributed by atoms with E-state index in [1.54, 1.807) is 12.4 Å². The first kappa shape index (κ1) is 15.5. The van der Waals surface area contributed by atoms with Crippen molar-refractivity contribution < 1.29 is 13.2 Å². The number of alkyl halides is 3. The highest BCUT2D eigenvalue weighted by Crippen LogP contribution is 2.31. The highest BCUT2D eigenvalue weighted by molar-refractivity contribution is 5.33. The van der Waals surface area contributed by atoms with Crippen molar-refractivity contribution in [3.8, 4) is 0 Å². The van der Waals surface area contributed by atoms with Crippen molar-refractivity contribution in [2.45, 2.75) is 25.6 Å². The second-order valence-corrected chi connectivity index (χ2v) is 4.79. The molecule has 112 valence electrons. The van der Waals surface area contributed by atoms with Crippen LogP contribution in [0.5, 0.6) is 0 Å². The van der Waals surface area contributed by atoms with Crippen molar-refractivity contribution in [3.05, 3.63) is 65.5 Å². The molecular weight excluding hydrogens is 277 g/mol. The van der Waals surface area contributed by atoms with Crippen LogP contribution in [0.1, 0.15) is 36.1 Å². The molecule has 2 rings (SSSR count). The maximum Gasteiger partial charge on any atom is 0.416 e. The standard InChI is InChI=1S/C16H17F3N2/c1-2-9-21-15(13-7-10-20-11-8-13)12-3-5-14(6-4-12)16(17,18)19/h3-8,10-11,15,21H,2,9H2,1H3. The molecule has 2 nitrogen and oxygen atoms in total. The van der Waals surface area contributed by atoms with Gasteiger partial charge in [-0.2, -0.15) is 13.2 Å². The van der Waals surface area contributed by atoms with Crippen LogP contribution < -0.4 is 5.32 Å². The first-order valence-electron chi connectivity index (χ1n) is 6.83. The lowest BCUT2D eigenvalue weighted by molar-refractivity contribution is -0.137. The molecule has 1 N–H and O–H groups in total. The van der Waals surface area contributed by atoms with E-state index in [2.05, 4.69) is 10.3 Å². The van der Waals surface area contributed by atoms with Crippen molar-refractivity contribution >= 4 is 0 Å². The zero-order chi connectivity index (χ0) is 15.3. The van der Waals surface area contributed by atoms with E-state index in [0.29, 0.717) is 0 Å². The van der Waals surface area contributed by atoms with Crippen molar-refractivity contribution in [2.24, 2.45) is 0 Å². The topological polar surface area (TPSA) is 24.9 Å². The summed E-state index contributed by atoms with van der Waals surface area (Å²) in [6.07, 6.45) is 0.00381. The summed E-state index contributed by atoms with van der Waals surface area (Å²) in [7, 11) is 0. The van der Waals surface area contributed by atoms with Gasteiger partial charge >= 0.3 is 6.18 Å². The van der Waals surface area contributed by atoms with Crippen LogP contribution in [0.2, 0.25) is 0 Å². The van der Waals surface area contributed by atoms with Crippen LogP contribution in [0, 0.1) is 0 Å². The number of hydrogen-bond acceptors (Lipinski definition) is 2.